The van der Waals surface area contributed by atoms with E-state index < -0.39 is 0 Å². The van der Waals surface area contributed by atoms with E-state index in [-0.39, 0.29) is 11.9 Å². The molecular formula is C16H19FN2. The van der Waals surface area contributed by atoms with Crippen LogP contribution >= 0.6 is 0 Å². The monoisotopic (exact) mass is 258 g/mol. The molecular weight excluding hydrogens is 239 g/mol. The second-order valence-corrected chi connectivity index (χ2v) is 4.70. The van der Waals surface area contributed by atoms with Gasteiger partial charge in [0.2, 0.25) is 0 Å². The van der Waals surface area contributed by atoms with Gasteiger partial charge in [-0.1, -0.05) is 25.1 Å². The number of aromatic nitrogens is 1. The van der Waals surface area contributed by atoms with E-state index in [1.165, 1.54) is 0 Å². The van der Waals surface area contributed by atoms with E-state index in [9.17, 15) is 4.39 Å². The molecule has 0 saturated heterocycles. The zero-order valence-electron chi connectivity index (χ0n) is 11.4. The molecule has 1 unspecified atom stereocenters. The number of likely N-dealkylation sites (N-methyl/N-ethyl adjacent to an activating group) is 1. The van der Waals surface area contributed by atoms with E-state index in [1.54, 1.807) is 12.3 Å². The molecule has 1 aromatic carbocycles. The molecule has 0 fully saturated rings. The highest BCUT2D eigenvalue weighted by Gasteiger charge is 2.15. The van der Waals surface area contributed by atoms with Crippen LogP contribution in [0.25, 0.3) is 0 Å². The van der Waals surface area contributed by atoms with E-state index >= 15 is 0 Å². The van der Waals surface area contributed by atoms with Crippen LogP contribution in [0.2, 0.25) is 0 Å². The van der Waals surface area contributed by atoms with Gasteiger partial charge in [0.1, 0.15) is 5.82 Å². The normalized spacial score (nSPS) is 12.4. The average molecular weight is 258 g/mol. The van der Waals surface area contributed by atoms with Crippen molar-refractivity contribution in [2.24, 2.45) is 0 Å². The molecule has 1 N–H and O–H groups in total. The maximum Gasteiger partial charge on any atom is 0.128 e. The van der Waals surface area contributed by atoms with Crippen LogP contribution < -0.4 is 5.32 Å². The Morgan fingerprint density at radius 3 is 2.79 bits per heavy atom. The molecule has 0 radical (unpaired) electrons. The summed E-state index contributed by atoms with van der Waals surface area (Å²) >= 11 is 0. The number of halogens is 1. The van der Waals surface area contributed by atoms with Crippen LogP contribution in [-0.2, 0) is 6.42 Å². The SMILES string of the molecule is CCNC(Cc1cccnc1)c1ccc(C)cc1F. The van der Waals surface area contributed by atoms with Gasteiger partial charge in [-0.2, -0.15) is 0 Å². The van der Waals surface area contributed by atoms with E-state index in [0.717, 1.165) is 29.7 Å². The second kappa shape index (κ2) is 6.43. The number of benzene rings is 1. The predicted octanol–water partition coefficient (Wildman–Crippen LogP) is 3.42. The molecule has 0 aliphatic rings. The van der Waals surface area contributed by atoms with Crippen molar-refractivity contribution < 1.29 is 4.39 Å². The van der Waals surface area contributed by atoms with Crippen LogP contribution in [0.1, 0.15) is 29.7 Å². The standard InChI is InChI=1S/C16H19FN2/c1-3-19-16(10-13-5-4-8-18-11-13)14-7-6-12(2)9-15(14)17/h4-9,11,16,19H,3,10H2,1-2H3. The number of pyridine rings is 1. The molecule has 2 aromatic rings. The minimum Gasteiger partial charge on any atom is -0.310 e. The third-order valence-electron chi connectivity index (χ3n) is 3.14. The number of hydrogen-bond donors (Lipinski definition) is 1. The molecule has 2 nitrogen and oxygen atoms in total. The van der Waals surface area contributed by atoms with Crippen molar-refractivity contribution in [3.05, 3.63) is 65.2 Å². The highest BCUT2D eigenvalue weighted by molar-refractivity contribution is 5.27. The van der Waals surface area contributed by atoms with Crippen LogP contribution in [0.3, 0.4) is 0 Å². The zero-order valence-corrected chi connectivity index (χ0v) is 11.4. The molecule has 0 bridgehead atoms. The first-order chi connectivity index (χ1) is 9.20. The summed E-state index contributed by atoms with van der Waals surface area (Å²) in [6, 6.07) is 9.31. The van der Waals surface area contributed by atoms with Gasteiger partial charge in [0.25, 0.3) is 0 Å². The lowest BCUT2D eigenvalue weighted by atomic mass is 9.98. The molecule has 19 heavy (non-hydrogen) atoms. The summed E-state index contributed by atoms with van der Waals surface area (Å²) in [5, 5.41) is 3.34. The molecule has 2 rings (SSSR count). The molecule has 1 atom stereocenters. The predicted molar refractivity (Wildman–Crippen MR) is 75.5 cm³/mol. The Bertz CT molecular complexity index is 526. The lowest BCUT2D eigenvalue weighted by Gasteiger charge is -2.19. The Morgan fingerprint density at radius 1 is 1.32 bits per heavy atom. The van der Waals surface area contributed by atoms with Gasteiger partial charge in [-0.25, -0.2) is 4.39 Å². The molecule has 1 aromatic heterocycles. The lowest BCUT2D eigenvalue weighted by Crippen LogP contribution is -2.24. The van der Waals surface area contributed by atoms with Crippen molar-refractivity contribution >= 4 is 0 Å². The molecule has 0 aliphatic carbocycles. The number of aryl methyl sites for hydroxylation is 1. The van der Waals surface area contributed by atoms with Crippen LogP contribution in [0, 0.1) is 12.7 Å². The Hall–Kier alpha value is -1.74. The minimum absolute atomic E-state index is 0.0187. The van der Waals surface area contributed by atoms with E-state index in [1.807, 2.05) is 44.3 Å². The van der Waals surface area contributed by atoms with Gasteiger partial charge in [0.05, 0.1) is 0 Å². The average Bonchev–Trinajstić information content (AvgIpc) is 2.39. The Labute approximate surface area is 113 Å². The largest absolute Gasteiger partial charge is 0.310 e. The Kier molecular flexibility index (Phi) is 4.63. The topological polar surface area (TPSA) is 24.9 Å². The van der Waals surface area contributed by atoms with Gasteiger partial charge in [0.15, 0.2) is 0 Å². The third-order valence-corrected chi connectivity index (χ3v) is 3.14. The van der Waals surface area contributed by atoms with E-state index in [2.05, 4.69) is 10.3 Å². The van der Waals surface area contributed by atoms with E-state index in [4.69, 9.17) is 0 Å². The zero-order chi connectivity index (χ0) is 13.7. The van der Waals surface area contributed by atoms with Crippen molar-refractivity contribution in [3.8, 4) is 0 Å². The molecule has 0 amide bonds. The molecule has 0 aliphatic heterocycles. The van der Waals surface area contributed by atoms with Crippen LogP contribution in [0.15, 0.2) is 42.7 Å². The summed E-state index contributed by atoms with van der Waals surface area (Å²) in [4.78, 5) is 4.11. The summed E-state index contributed by atoms with van der Waals surface area (Å²) in [5.41, 5.74) is 2.77. The summed E-state index contributed by atoms with van der Waals surface area (Å²) < 4.78 is 14.1. The second-order valence-electron chi connectivity index (χ2n) is 4.70. The first kappa shape index (κ1) is 13.7. The smallest absolute Gasteiger partial charge is 0.128 e. The first-order valence-electron chi connectivity index (χ1n) is 6.59. The number of rotatable bonds is 5. The highest BCUT2D eigenvalue weighted by Crippen LogP contribution is 2.22. The van der Waals surface area contributed by atoms with Crippen molar-refractivity contribution in [1.82, 2.24) is 10.3 Å². The van der Waals surface area contributed by atoms with Crippen molar-refractivity contribution in [3.63, 3.8) is 0 Å². The summed E-state index contributed by atoms with van der Waals surface area (Å²) in [5.74, 6) is -0.144. The summed E-state index contributed by atoms with van der Waals surface area (Å²) in [7, 11) is 0. The summed E-state index contributed by atoms with van der Waals surface area (Å²) in [6.07, 6.45) is 4.32. The highest BCUT2D eigenvalue weighted by atomic mass is 19.1. The fraction of sp³-hybridized carbons (Fsp3) is 0.312. The summed E-state index contributed by atoms with van der Waals surface area (Å²) in [6.45, 7) is 4.73. The van der Waals surface area contributed by atoms with Gasteiger partial charge in [-0.05, 0) is 43.1 Å². The minimum atomic E-state index is -0.144. The van der Waals surface area contributed by atoms with Gasteiger partial charge in [-0.3, -0.25) is 4.98 Å². The van der Waals surface area contributed by atoms with Crippen molar-refractivity contribution in [1.29, 1.82) is 0 Å². The quantitative estimate of drug-likeness (QED) is 0.888. The Morgan fingerprint density at radius 2 is 2.16 bits per heavy atom. The number of nitrogens with one attached hydrogen (secondary N) is 1. The lowest BCUT2D eigenvalue weighted by molar-refractivity contribution is 0.509. The van der Waals surface area contributed by atoms with Gasteiger partial charge in [0, 0.05) is 24.0 Å². The molecule has 0 saturated carbocycles. The molecule has 1 heterocycles. The number of nitrogens with zero attached hydrogens (tertiary/aromatic N) is 1. The van der Waals surface area contributed by atoms with E-state index in [0.29, 0.717) is 0 Å². The molecule has 0 spiro atoms. The Balaban J connectivity index is 2.24. The van der Waals surface area contributed by atoms with Crippen molar-refractivity contribution in [2.45, 2.75) is 26.3 Å². The fourth-order valence-corrected chi connectivity index (χ4v) is 2.21. The third kappa shape index (κ3) is 3.61. The van der Waals surface area contributed by atoms with Gasteiger partial charge >= 0.3 is 0 Å². The molecule has 100 valence electrons. The van der Waals surface area contributed by atoms with Crippen molar-refractivity contribution in [2.75, 3.05) is 6.54 Å². The van der Waals surface area contributed by atoms with Gasteiger partial charge in [-0.15, -0.1) is 0 Å². The molecule has 3 heteroatoms. The maximum absolute atomic E-state index is 14.1. The van der Waals surface area contributed by atoms with Crippen LogP contribution in [-0.4, -0.2) is 11.5 Å². The van der Waals surface area contributed by atoms with Gasteiger partial charge < -0.3 is 5.32 Å². The maximum atomic E-state index is 14.1. The van der Waals surface area contributed by atoms with Crippen LogP contribution in [0.4, 0.5) is 4.39 Å². The number of hydrogen-bond acceptors (Lipinski definition) is 2. The first-order valence-corrected chi connectivity index (χ1v) is 6.59. The fourth-order valence-electron chi connectivity index (χ4n) is 2.21. The van der Waals surface area contributed by atoms with Crippen LogP contribution in [0.5, 0.6) is 0 Å².